The van der Waals surface area contributed by atoms with E-state index in [1.165, 1.54) is 0 Å². The molecule has 0 atom stereocenters. The molecule has 0 saturated heterocycles. The van der Waals surface area contributed by atoms with Gasteiger partial charge < -0.3 is 43.6 Å². The Morgan fingerprint density at radius 2 is 0.781 bits per heavy atom. The molecule has 0 fully saturated rings. The first kappa shape index (κ1) is 29.3. The minimum Gasteiger partial charge on any atom is -0.491 e. The highest BCUT2D eigenvalue weighted by Gasteiger charge is 1.96. The summed E-state index contributed by atoms with van der Waals surface area (Å²) in [7, 11) is 0. The summed E-state index contributed by atoms with van der Waals surface area (Å²) in [6.07, 6.45) is 0. The van der Waals surface area contributed by atoms with Gasteiger partial charge in [-0.15, -0.1) is 0 Å². The summed E-state index contributed by atoms with van der Waals surface area (Å²) in [4.78, 5) is 0. The van der Waals surface area contributed by atoms with Crippen molar-refractivity contribution in [2.45, 2.75) is 0 Å². The molecule has 0 aliphatic carbocycles. The van der Waals surface area contributed by atoms with Crippen LogP contribution in [0.5, 0.6) is 5.75 Å². The molecule has 0 aliphatic rings. The fourth-order valence-electron chi connectivity index (χ4n) is 2.26. The fraction of sp³-hybridized carbons (Fsp3) is 0.727. The molecule has 0 aromatic heterocycles. The van der Waals surface area contributed by atoms with E-state index in [2.05, 4.69) is 22.6 Å². The second-order valence-electron chi connectivity index (χ2n) is 6.39. The van der Waals surface area contributed by atoms with Crippen molar-refractivity contribution >= 4 is 28.3 Å². The molecular formula is C22H38INO8. The lowest BCUT2D eigenvalue weighted by atomic mass is 10.3. The van der Waals surface area contributed by atoms with Crippen LogP contribution in [-0.2, 0) is 33.2 Å². The van der Waals surface area contributed by atoms with E-state index in [9.17, 15) is 0 Å². The monoisotopic (exact) mass is 571 g/mol. The summed E-state index contributed by atoms with van der Waals surface area (Å²) >= 11 is 2.28. The predicted molar refractivity (Wildman–Crippen MR) is 131 cm³/mol. The van der Waals surface area contributed by atoms with Crippen LogP contribution < -0.4 is 10.5 Å². The average Bonchev–Trinajstić information content (AvgIpc) is 2.81. The number of benzene rings is 1. The van der Waals surface area contributed by atoms with Crippen molar-refractivity contribution < 1.29 is 37.9 Å². The highest BCUT2D eigenvalue weighted by molar-refractivity contribution is 14.1. The molecule has 0 amide bonds. The van der Waals surface area contributed by atoms with Crippen LogP contribution >= 0.6 is 22.6 Å². The lowest BCUT2D eigenvalue weighted by Crippen LogP contribution is -2.15. The molecule has 1 rings (SSSR count). The molecule has 32 heavy (non-hydrogen) atoms. The number of hydrogen-bond donors (Lipinski definition) is 1. The van der Waals surface area contributed by atoms with Gasteiger partial charge in [-0.1, -0.05) is 22.6 Å². The van der Waals surface area contributed by atoms with E-state index in [0.717, 1.165) is 16.8 Å². The molecule has 0 aliphatic heterocycles. The molecule has 0 heterocycles. The zero-order chi connectivity index (χ0) is 23.0. The Morgan fingerprint density at radius 1 is 0.469 bits per heavy atom. The van der Waals surface area contributed by atoms with E-state index in [0.29, 0.717) is 98.2 Å². The van der Waals surface area contributed by atoms with Crippen LogP contribution in [0.2, 0.25) is 0 Å². The van der Waals surface area contributed by atoms with Crippen LogP contribution in [0.1, 0.15) is 0 Å². The number of alkyl halides is 1. The Kier molecular flexibility index (Phi) is 21.5. The van der Waals surface area contributed by atoms with Gasteiger partial charge in [0.1, 0.15) is 12.4 Å². The van der Waals surface area contributed by atoms with E-state index in [4.69, 9.17) is 43.6 Å². The predicted octanol–water partition coefficient (Wildman–Crippen LogP) is 2.20. The molecule has 0 saturated carbocycles. The molecule has 1 aromatic carbocycles. The normalized spacial score (nSPS) is 11.2. The maximum absolute atomic E-state index is 5.62. The number of hydrogen-bond acceptors (Lipinski definition) is 9. The Morgan fingerprint density at radius 3 is 1.12 bits per heavy atom. The van der Waals surface area contributed by atoms with Crippen molar-refractivity contribution in [3.63, 3.8) is 0 Å². The maximum Gasteiger partial charge on any atom is 0.119 e. The molecule has 0 bridgehead atoms. The maximum atomic E-state index is 5.62. The molecule has 0 spiro atoms. The standard InChI is InChI=1S/C22H38INO8/c23-5-6-25-7-8-26-9-10-27-11-12-28-13-14-29-15-16-30-17-18-31-19-20-32-22-3-1-21(24)2-4-22/h1-4H,5-20,24H2. The van der Waals surface area contributed by atoms with E-state index in [1.807, 2.05) is 12.1 Å². The second-order valence-corrected chi connectivity index (χ2v) is 7.47. The summed E-state index contributed by atoms with van der Waals surface area (Å²) < 4.78 is 44.4. The minimum absolute atomic E-state index is 0.486. The number of rotatable bonds is 24. The molecule has 10 heteroatoms. The van der Waals surface area contributed by atoms with Gasteiger partial charge in [0.25, 0.3) is 0 Å². The van der Waals surface area contributed by atoms with Gasteiger partial charge in [0.15, 0.2) is 0 Å². The molecule has 186 valence electrons. The largest absolute Gasteiger partial charge is 0.491 e. The Bertz CT molecular complexity index is 509. The van der Waals surface area contributed by atoms with Gasteiger partial charge in [-0.3, -0.25) is 0 Å². The van der Waals surface area contributed by atoms with Gasteiger partial charge in [-0.05, 0) is 24.3 Å². The molecule has 1 aromatic rings. The molecule has 0 unspecified atom stereocenters. The number of nitrogens with two attached hydrogens (primary N) is 1. The number of nitrogen functional groups attached to an aromatic ring is 1. The van der Waals surface area contributed by atoms with Crippen molar-refractivity contribution in [2.24, 2.45) is 0 Å². The molecule has 9 nitrogen and oxygen atoms in total. The topological polar surface area (TPSA) is 99.9 Å². The second kappa shape index (κ2) is 23.4. The third-order valence-electron chi connectivity index (χ3n) is 3.83. The van der Waals surface area contributed by atoms with Crippen LogP contribution in [0.4, 0.5) is 5.69 Å². The minimum atomic E-state index is 0.486. The number of anilines is 1. The van der Waals surface area contributed by atoms with Crippen LogP contribution in [0.3, 0.4) is 0 Å². The van der Waals surface area contributed by atoms with Gasteiger partial charge in [0, 0.05) is 10.1 Å². The number of halogens is 1. The first-order chi connectivity index (χ1) is 15.8. The Labute approximate surface area is 205 Å². The average molecular weight is 571 g/mol. The summed E-state index contributed by atoms with van der Waals surface area (Å²) in [5.41, 5.74) is 6.34. The van der Waals surface area contributed by atoms with E-state index >= 15 is 0 Å². The molecular weight excluding hydrogens is 533 g/mol. The summed E-state index contributed by atoms with van der Waals surface area (Å²) in [6.45, 7) is 8.36. The smallest absolute Gasteiger partial charge is 0.119 e. The van der Waals surface area contributed by atoms with Crippen molar-refractivity contribution in [3.8, 4) is 5.75 Å². The van der Waals surface area contributed by atoms with Gasteiger partial charge in [0.05, 0.1) is 92.5 Å². The van der Waals surface area contributed by atoms with Gasteiger partial charge >= 0.3 is 0 Å². The Balaban J connectivity index is 1.67. The summed E-state index contributed by atoms with van der Waals surface area (Å²) in [5.74, 6) is 0.779. The van der Waals surface area contributed by atoms with Crippen molar-refractivity contribution in [3.05, 3.63) is 24.3 Å². The van der Waals surface area contributed by atoms with Crippen molar-refractivity contribution in [2.75, 3.05) is 109 Å². The highest BCUT2D eigenvalue weighted by Crippen LogP contribution is 2.12. The van der Waals surface area contributed by atoms with Crippen LogP contribution in [0, 0.1) is 0 Å². The van der Waals surface area contributed by atoms with E-state index in [-0.39, 0.29) is 0 Å². The Hall–Kier alpha value is -0.730. The highest BCUT2D eigenvalue weighted by atomic mass is 127. The first-order valence-corrected chi connectivity index (χ1v) is 12.4. The van der Waals surface area contributed by atoms with Crippen LogP contribution in [0.15, 0.2) is 24.3 Å². The molecule has 2 N–H and O–H groups in total. The molecule has 0 radical (unpaired) electrons. The first-order valence-electron chi connectivity index (χ1n) is 10.9. The van der Waals surface area contributed by atoms with Crippen LogP contribution in [-0.4, -0.2) is 104 Å². The van der Waals surface area contributed by atoms with E-state index in [1.54, 1.807) is 12.1 Å². The third kappa shape index (κ3) is 19.9. The lowest BCUT2D eigenvalue weighted by Gasteiger charge is -2.09. The van der Waals surface area contributed by atoms with E-state index < -0.39 is 0 Å². The summed E-state index contributed by atoms with van der Waals surface area (Å²) in [6, 6.07) is 7.28. The lowest BCUT2D eigenvalue weighted by molar-refractivity contribution is -0.0208. The third-order valence-corrected chi connectivity index (χ3v) is 4.27. The summed E-state index contributed by atoms with van der Waals surface area (Å²) in [5, 5.41) is 0. The van der Waals surface area contributed by atoms with Crippen LogP contribution in [0.25, 0.3) is 0 Å². The van der Waals surface area contributed by atoms with Gasteiger partial charge in [0.2, 0.25) is 0 Å². The zero-order valence-electron chi connectivity index (χ0n) is 18.8. The SMILES string of the molecule is Nc1ccc(OCCOCCOCCOCCOCCOCCOCCOCCI)cc1. The van der Waals surface area contributed by atoms with Gasteiger partial charge in [-0.2, -0.15) is 0 Å². The van der Waals surface area contributed by atoms with Gasteiger partial charge in [-0.25, -0.2) is 0 Å². The quantitative estimate of drug-likeness (QED) is 0.0867. The fourth-order valence-corrected chi connectivity index (χ4v) is 2.57. The zero-order valence-corrected chi connectivity index (χ0v) is 21.0. The van der Waals surface area contributed by atoms with Crippen molar-refractivity contribution in [1.82, 2.24) is 0 Å². The van der Waals surface area contributed by atoms with Crippen molar-refractivity contribution in [1.29, 1.82) is 0 Å². The number of ether oxygens (including phenoxy) is 8.